The predicted octanol–water partition coefficient (Wildman–Crippen LogP) is 5.32. The van der Waals surface area contributed by atoms with Crippen molar-refractivity contribution in [2.75, 3.05) is 6.54 Å². The summed E-state index contributed by atoms with van der Waals surface area (Å²) >= 11 is 0. The number of benzene rings is 3. The van der Waals surface area contributed by atoms with Crippen LogP contribution >= 0.6 is 0 Å². The fourth-order valence-corrected chi connectivity index (χ4v) is 3.63. The number of aryl methyl sites for hydroxylation is 1. The number of rotatable bonds is 8. The molecule has 0 atom stereocenters. The molecule has 0 spiro atoms. The Bertz CT molecular complexity index is 1330. The highest BCUT2D eigenvalue weighted by molar-refractivity contribution is 6.02. The van der Waals surface area contributed by atoms with Crippen LogP contribution in [0.4, 0.5) is 0 Å². The van der Waals surface area contributed by atoms with Gasteiger partial charge in [0.15, 0.2) is 0 Å². The highest BCUT2D eigenvalue weighted by atomic mass is 16.5. The van der Waals surface area contributed by atoms with Gasteiger partial charge < -0.3 is 15.0 Å². The average Bonchev–Trinajstić information content (AvgIpc) is 3.26. The Labute approximate surface area is 193 Å². The average molecular weight is 436 g/mol. The molecule has 33 heavy (non-hydrogen) atoms. The van der Waals surface area contributed by atoms with E-state index in [0.717, 1.165) is 22.0 Å². The third-order valence-electron chi connectivity index (χ3n) is 5.45. The van der Waals surface area contributed by atoms with E-state index < -0.39 is 5.91 Å². The zero-order chi connectivity index (χ0) is 23.0. The number of nitrogens with zero attached hydrogens (tertiary/aromatic N) is 1. The SMILES string of the molecule is Cc1ccc(COc2ccccc2/C=C(/C#N)C(=O)NCCc2c[nH]c3ccccc23)cc1. The van der Waals surface area contributed by atoms with Gasteiger partial charge in [-0.2, -0.15) is 5.26 Å². The zero-order valence-corrected chi connectivity index (χ0v) is 18.5. The van der Waals surface area contributed by atoms with Gasteiger partial charge >= 0.3 is 0 Å². The van der Waals surface area contributed by atoms with Gasteiger partial charge in [0.25, 0.3) is 5.91 Å². The second kappa shape index (κ2) is 10.3. The first-order valence-corrected chi connectivity index (χ1v) is 10.9. The summed E-state index contributed by atoms with van der Waals surface area (Å²) < 4.78 is 5.97. The predicted molar refractivity (Wildman–Crippen MR) is 131 cm³/mol. The minimum Gasteiger partial charge on any atom is -0.488 e. The van der Waals surface area contributed by atoms with Crippen LogP contribution in [-0.2, 0) is 17.8 Å². The highest BCUT2D eigenvalue weighted by Gasteiger charge is 2.11. The molecule has 0 bridgehead atoms. The molecular formula is C28H25N3O2. The molecule has 1 aromatic heterocycles. The molecule has 0 aliphatic heterocycles. The maximum Gasteiger partial charge on any atom is 0.261 e. The third kappa shape index (κ3) is 5.50. The van der Waals surface area contributed by atoms with Crippen molar-refractivity contribution in [1.82, 2.24) is 10.3 Å². The summed E-state index contributed by atoms with van der Waals surface area (Å²) in [5.41, 5.74) is 5.17. The quantitative estimate of drug-likeness (QED) is 0.290. The van der Waals surface area contributed by atoms with Crippen molar-refractivity contribution in [3.05, 3.63) is 107 Å². The number of carbonyl (C=O) groups is 1. The van der Waals surface area contributed by atoms with Crippen LogP contribution in [0.2, 0.25) is 0 Å². The van der Waals surface area contributed by atoms with Gasteiger partial charge in [0.2, 0.25) is 0 Å². The molecule has 0 fully saturated rings. The first-order chi connectivity index (χ1) is 16.1. The molecule has 3 aromatic carbocycles. The molecule has 2 N–H and O–H groups in total. The smallest absolute Gasteiger partial charge is 0.261 e. The van der Waals surface area contributed by atoms with E-state index in [1.165, 1.54) is 5.56 Å². The first kappa shape index (κ1) is 21.9. The van der Waals surface area contributed by atoms with Crippen LogP contribution < -0.4 is 10.1 Å². The fraction of sp³-hybridized carbons (Fsp3) is 0.143. The van der Waals surface area contributed by atoms with Gasteiger partial charge in [0.05, 0.1) is 0 Å². The number of para-hydroxylation sites is 2. The van der Waals surface area contributed by atoms with Crippen molar-refractivity contribution in [2.45, 2.75) is 20.0 Å². The highest BCUT2D eigenvalue weighted by Crippen LogP contribution is 2.22. The van der Waals surface area contributed by atoms with E-state index >= 15 is 0 Å². The summed E-state index contributed by atoms with van der Waals surface area (Å²) in [7, 11) is 0. The number of carbonyl (C=O) groups excluding carboxylic acids is 1. The second-order valence-electron chi connectivity index (χ2n) is 7.85. The molecule has 1 amide bonds. The molecule has 5 heteroatoms. The maximum absolute atomic E-state index is 12.6. The Morgan fingerprint density at radius 1 is 1.06 bits per heavy atom. The van der Waals surface area contributed by atoms with Crippen LogP contribution in [-0.4, -0.2) is 17.4 Å². The molecule has 0 saturated carbocycles. The molecule has 0 aliphatic carbocycles. The molecule has 0 saturated heterocycles. The van der Waals surface area contributed by atoms with Gasteiger partial charge in [-0.25, -0.2) is 0 Å². The van der Waals surface area contributed by atoms with Crippen molar-refractivity contribution in [2.24, 2.45) is 0 Å². The number of hydrogen-bond donors (Lipinski definition) is 2. The molecule has 164 valence electrons. The van der Waals surface area contributed by atoms with Crippen molar-refractivity contribution in [3.8, 4) is 11.8 Å². The van der Waals surface area contributed by atoms with E-state index in [1.54, 1.807) is 6.08 Å². The largest absolute Gasteiger partial charge is 0.488 e. The Morgan fingerprint density at radius 2 is 1.82 bits per heavy atom. The number of nitrogens with one attached hydrogen (secondary N) is 2. The second-order valence-corrected chi connectivity index (χ2v) is 7.85. The summed E-state index contributed by atoms with van der Waals surface area (Å²) in [6.07, 6.45) is 4.20. The van der Waals surface area contributed by atoms with Crippen molar-refractivity contribution < 1.29 is 9.53 Å². The standard InChI is InChI=1S/C28H25N3O2/c1-20-10-12-21(13-11-20)19-33-27-9-5-2-6-22(27)16-24(17-29)28(32)30-15-14-23-18-31-26-8-4-3-7-25(23)26/h2-13,16,18,31H,14-15,19H2,1H3,(H,30,32)/b24-16-. The van der Waals surface area contributed by atoms with Crippen molar-refractivity contribution in [1.29, 1.82) is 5.26 Å². The molecular weight excluding hydrogens is 410 g/mol. The molecule has 0 aliphatic rings. The number of aromatic amines is 1. The van der Waals surface area contributed by atoms with Gasteiger partial charge in [-0.3, -0.25) is 4.79 Å². The lowest BCUT2D eigenvalue weighted by atomic mass is 10.1. The molecule has 5 nitrogen and oxygen atoms in total. The number of H-pyrrole nitrogens is 1. The van der Waals surface area contributed by atoms with Crippen LogP contribution in [0.15, 0.2) is 84.6 Å². The Kier molecular flexibility index (Phi) is 6.87. The topological polar surface area (TPSA) is 77.9 Å². The summed E-state index contributed by atoms with van der Waals surface area (Å²) in [6, 6.07) is 25.6. The zero-order valence-electron chi connectivity index (χ0n) is 18.5. The van der Waals surface area contributed by atoms with Crippen molar-refractivity contribution in [3.63, 3.8) is 0 Å². The number of aromatic nitrogens is 1. The van der Waals surface area contributed by atoms with Crippen LogP contribution in [0.3, 0.4) is 0 Å². The number of ether oxygens (including phenoxy) is 1. The van der Waals surface area contributed by atoms with E-state index in [1.807, 2.05) is 85.9 Å². The summed E-state index contributed by atoms with van der Waals surface area (Å²) in [5.74, 6) is 0.225. The first-order valence-electron chi connectivity index (χ1n) is 10.9. The van der Waals surface area contributed by atoms with Gasteiger partial charge in [-0.05, 0) is 42.7 Å². The molecule has 4 aromatic rings. The van der Waals surface area contributed by atoms with E-state index in [4.69, 9.17) is 4.74 Å². The van der Waals surface area contributed by atoms with Crippen molar-refractivity contribution >= 4 is 22.9 Å². The molecule has 0 radical (unpaired) electrons. The summed E-state index contributed by atoms with van der Waals surface area (Å²) in [6.45, 7) is 2.88. The van der Waals surface area contributed by atoms with Crippen LogP contribution in [0, 0.1) is 18.3 Å². The fourth-order valence-electron chi connectivity index (χ4n) is 3.63. The van der Waals surface area contributed by atoms with E-state index in [0.29, 0.717) is 30.9 Å². The Hall–Kier alpha value is -4.30. The Balaban J connectivity index is 1.40. The number of hydrogen-bond acceptors (Lipinski definition) is 3. The monoisotopic (exact) mass is 435 g/mol. The summed E-state index contributed by atoms with van der Waals surface area (Å²) in [5, 5.41) is 13.6. The van der Waals surface area contributed by atoms with E-state index in [-0.39, 0.29) is 5.57 Å². The Morgan fingerprint density at radius 3 is 2.64 bits per heavy atom. The molecule has 4 rings (SSSR count). The van der Waals surface area contributed by atoms with Gasteiger partial charge in [-0.15, -0.1) is 0 Å². The van der Waals surface area contributed by atoms with E-state index in [9.17, 15) is 10.1 Å². The number of nitriles is 1. The maximum atomic E-state index is 12.6. The van der Waals surface area contributed by atoms with Gasteiger partial charge in [-0.1, -0.05) is 66.2 Å². The van der Waals surface area contributed by atoms with E-state index in [2.05, 4.69) is 16.4 Å². The van der Waals surface area contributed by atoms with Gasteiger partial charge in [0.1, 0.15) is 24.0 Å². The number of fused-ring (bicyclic) bond motifs is 1. The van der Waals surface area contributed by atoms with Gasteiger partial charge in [0, 0.05) is 29.2 Å². The normalized spacial score (nSPS) is 11.2. The molecule has 0 unspecified atom stereocenters. The van der Waals surface area contributed by atoms with Crippen LogP contribution in [0.5, 0.6) is 5.75 Å². The lowest BCUT2D eigenvalue weighted by Crippen LogP contribution is -2.26. The minimum absolute atomic E-state index is 0.0420. The summed E-state index contributed by atoms with van der Waals surface area (Å²) in [4.78, 5) is 15.9. The van der Waals surface area contributed by atoms with Crippen LogP contribution in [0.1, 0.15) is 22.3 Å². The lowest BCUT2D eigenvalue weighted by Gasteiger charge is -2.10. The third-order valence-corrected chi connectivity index (χ3v) is 5.45. The minimum atomic E-state index is -0.398. The lowest BCUT2D eigenvalue weighted by molar-refractivity contribution is -0.117. The number of amides is 1. The van der Waals surface area contributed by atoms with Crippen LogP contribution in [0.25, 0.3) is 17.0 Å². The molecule has 1 heterocycles.